The smallest absolute Gasteiger partial charge is 0.231 e. The number of rotatable bonds is 2. The van der Waals surface area contributed by atoms with Crippen molar-refractivity contribution < 1.29 is 17.6 Å². The van der Waals surface area contributed by atoms with Gasteiger partial charge in [0.05, 0.1) is 31.7 Å². The van der Waals surface area contributed by atoms with Crippen molar-refractivity contribution in [2.45, 2.75) is 11.8 Å². The molecule has 14 heavy (non-hydrogen) atoms. The molecule has 0 N–H and O–H groups in total. The van der Waals surface area contributed by atoms with E-state index in [1.807, 2.05) is 0 Å². The lowest BCUT2D eigenvalue weighted by molar-refractivity contribution is 0.101. The number of hydrogen-bond donors (Lipinski definition) is 0. The molecule has 0 unspecified atom stereocenters. The maximum absolute atomic E-state index is 13.0. The molecule has 1 rings (SSSR count). The lowest BCUT2D eigenvalue weighted by Gasteiger charge is -2.00. The van der Waals surface area contributed by atoms with Gasteiger partial charge in [0.15, 0.2) is 5.78 Å². The Labute approximate surface area is 92.8 Å². The Morgan fingerprint density at radius 2 is 2.00 bits per heavy atom. The van der Waals surface area contributed by atoms with Crippen molar-refractivity contribution in [1.29, 1.82) is 0 Å². The van der Waals surface area contributed by atoms with E-state index in [2.05, 4.69) is 0 Å². The van der Waals surface area contributed by atoms with Crippen molar-refractivity contribution in [3.05, 3.63) is 29.6 Å². The number of carbonyl (C=O) groups is 1. The van der Waals surface area contributed by atoms with Gasteiger partial charge in [0.2, 0.25) is 7.01 Å². The zero-order valence-corrected chi connectivity index (χ0v) is 10.1. The summed E-state index contributed by atoms with van der Waals surface area (Å²) in [5.41, 5.74) is -0.206. The maximum Gasteiger partial charge on any atom is 0.231 e. The van der Waals surface area contributed by atoms with E-state index < -0.39 is 18.6 Å². The average molecular weight is 328 g/mol. The summed E-state index contributed by atoms with van der Waals surface area (Å²) in [6.45, 7) is 1.18. The Kier molecular flexibility index (Phi) is 3.25. The Morgan fingerprint density at radius 1 is 1.43 bits per heavy atom. The van der Waals surface area contributed by atoms with Crippen molar-refractivity contribution in [2.75, 3.05) is 0 Å². The molecule has 0 aromatic heterocycles. The summed E-state index contributed by atoms with van der Waals surface area (Å²) < 4.78 is 35.1. The third-order valence-corrected chi connectivity index (χ3v) is 3.94. The highest BCUT2D eigenvalue weighted by molar-refractivity contribution is 14.2. The summed E-state index contributed by atoms with van der Waals surface area (Å²) in [6.07, 6.45) is 0. The SMILES string of the molecule is CC(=O)c1cc(S(=O)(=O)I)ccc1F. The van der Waals surface area contributed by atoms with Crippen LogP contribution in [0.4, 0.5) is 4.39 Å². The standard InChI is InChI=1S/C8H6FIO3S/c1-5(11)7-4-6(14(10,12)13)2-3-8(7)9/h2-4H,1H3. The number of ketones is 1. The maximum atomic E-state index is 13.0. The molecule has 3 nitrogen and oxygen atoms in total. The second-order valence-electron chi connectivity index (χ2n) is 2.64. The molecule has 0 saturated heterocycles. The number of Topliss-reactive ketones (excluding diaryl/α,β-unsaturated/α-hetero) is 1. The zero-order chi connectivity index (χ0) is 10.9. The second-order valence-corrected chi connectivity index (χ2v) is 7.46. The van der Waals surface area contributed by atoms with E-state index >= 15 is 0 Å². The molecule has 0 aliphatic rings. The lowest BCUT2D eigenvalue weighted by Crippen LogP contribution is -2.00. The first-order valence-electron chi connectivity index (χ1n) is 3.57. The normalized spacial score (nSPS) is 11.4. The van der Waals surface area contributed by atoms with Crippen LogP contribution in [0.25, 0.3) is 0 Å². The van der Waals surface area contributed by atoms with E-state index in [0.29, 0.717) is 0 Å². The van der Waals surface area contributed by atoms with Crippen molar-refractivity contribution >= 4 is 34.0 Å². The Hall–Kier alpha value is -0.500. The van der Waals surface area contributed by atoms with Crippen LogP contribution in [0, 0.1) is 5.82 Å². The van der Waals surface area contributed by atoms with Crippen LogP contribution >= 0.6 is 21.2 Å². The van der Waals surface area contributed by atoms with E-state index in [9.17, 15) is 17.6 Å². The molecule has 0 bridgehead atoms. The quantitative estimate of drug-likeness (QED) is 0.475. The molecule has 0 radical (unpaired) electrons. The van der Waals surface area contributed by atoms with Gasteiger partial charge in [0.25, 0.3) is 0 Å². The van der Waals surface area contributed by atoms with Gasteiger partial charge in [0.1, 0.15) is 5.82 Å². The van der Waals surface area contributed by atoms with E-state index in [1.165, 1.54) is 28.1 Å². The highest BCUT2D eigenvalue weighted by Crippen LogP contribution is 2.20. The van der Waals surface area contributed by atoms with Crippen molar-refractivity contribution in [2.24, 2.45) is 0 Å². The molecule has 0 aliphatic heterocycles. The molecule has 0 amide bonds. The van der Waals surface area contributed by atoms with Crippen LogP contribution in [-0.2, 0) is 7.01 Å². The molecule has 0 spiro atoms. The summed E-state index contributed by atoms with van der Waals surface area (Å²) in [6, 6.07) is 3.14. The summed E-state index contributed by atoms with van der Waals surface area (Å²) in [5.74, 6) is -1.20. The summed E-state index contributed by atoms with van der Waals surface area (Å²) >= 11 is 1.23. The van der Waals surface area contributed by atoms with Crippen LogP contribution in [0.15, 0.2) is 23.1 Å². The van der Waals surface area contributed by atoms with Gasteiger partial charge in [-0.15, -0.1) is 0 Å². The van der Waals surface area contributed by atoms with Crippen LogP contribution in [0.3, 0.4) is 0 Å². The van der Waals surface area contributed by atoms with Gasteiger partial charge in [-0.2, -0.15) is 0 Å². The fourth-order valence-electron chi connectivity index (χ4n) is 0.926. The van der Waals surface area contributed by atoms with Crippen molar-refractivity contribution in [3.63, 3.8) is 0 Å². The molecule has 6 heteroatoms. The van der Waals surface area contributed by atoms with Gasteiger partial charge < -0.3 is 0 Å². The number of halogens is 2. The van der Waals surface area contributed by atoms with E-state index in [0.717, 1.165) is 18.2 Å². The molecule has 0 aliphatic carbocycles. The molecule has 0 atom stereocenters. The first kappa shape index (κ1) is 11.6. The van der Waals surface area contributed by atoms with Gasteiger partial charge in [-0.3, -0.25) is 4.79 Å². The minimum atomic E-state index is -3.42. The number of hydrogen-bond acceptors (Lipinski definition) is 3. The monoisotopic (exact) mass is 328 g/mol. The third-order valence-electron chi connectivity index (χ3n) is 1.60. The fourth-order valence-corrected chi connectivity index (χ4v) is 2.24. The lowest BCUT2D eigenvalue weighted by atomic mass is 10.1. The van der Waals surface area contributed by atoms with Gasteiger partial charge >= 0.3 is 0 Å². The molecule has 1 aromatic rings. The van der Waals surface area contributed by atoms with Gasteiger partial charge in [-0.05, 0) is 25.1 Å². The predicted octanol–water partition coefficient (Wildman–Crippen LogP) is 2.15. The van der Waals surface area contributed by atoms with Crippen LogP contribution in [0.5, 0.6) is 0 Å². The van der Waals surface area contributed by atoms with Gasteiger partial charge in [0, 0.05) is 0 Å². The largest absolute Gasteiger partial charge is 0.294 e. The summed E-state index contributed by atoms with van der Waals surface area (Å²) in [4.78, 5) is 10.8. The van der Waals surface area contributed by atoms with Crippen molar-refractivity contribution in [1.82, 2.24) is 0 Å². The summed E-state index contributed by atoms with van der Waals surface area (Å²) in [7, 11) is -3.42. The Bertz CT molecular complexity index is 481. The molecule has 1 aromatic carbocycles. The molecule has 0 saturated carbocycles. The summed E-state index contributed by atoms with van der Waals surface area (Å²) in [5, 5.41) is 0. The number of benzene rings is 1. The zero-order valence-electron chi connectivity index (χ0n) is 7.12. The molecular weight excluding hydrogens is 322 g/mol. The van der Waals surface area contributed by atoms with Gasteiger partial charge in [-0.25, -0.2) is 12.8 Å². The average Bonchev–Trinajstić information content (AvgIpc) is 2.02. The first-order chi connectivity index (χ1) is 6.32. The first-order valence-corrected chi connectivity index (χ1v) is 7.60. The highest BCUT2D eigenvalue weighted by atomic mass is 127. The van der Waals surface area contributed by atoms with Gasteiger partial charge in [-0.1, -0.05) is 0 Å². The van der Waals surface area contributed by atoms with E-state index in [1.54, 1.807) is 0 Å². The topological polar surface area (TPSA) is 51.2 Å². The van der Waals surface area contributed by atoms with E-state index in [-0.39, 0.29) is 10.5 Å². The van der Waals surface area contributed by atoms with Crippen LogP contribution in [0.1, 0.15) is 17.3 Å². The molecule has 76 valence electrons. The minimum Gasteiger partial charge on any atom is -0.294 e. The highest BCUT2D eigenvalue weighted by Gasteiger charge is 2.14. The molecular formula is C8H6FIO3S. The van der Waals surface area contributed by atoms with E-state index in [4.69, 9.17) is 0 Å². The van der Waals surface area contributed by atoms with Crippen LogP contribution in [0.2, 0.25) is 0 Å². The second kappa shape index (κ2) is 3.93. The van der Waals surface area contributed by atoms with Crippen molar-refractivity contribution in [3.8, 4) is 0 Å². The minimum absolute atomic E-state index is 0.0651. The third kappa shape index (κ3) is 2.50. The molecule has 0 heterocycles. The molecule has 0 fully saturated rings. The van der Waals surface area contributed by atoms with Crippen LogP contribution < -0.4 is 0 Å². The fraction of sp³-hybridized carbons (Fsp3) is 0.125. The Morgan fingerprint density at radius 3 is 2.43 bits per heavy atom. The van der Waals surface area contributed by atoms with Crippen LogP contribution in [-0.4, -0.2) is 14.2 Å². The Balaban J connectivity index is 3.42. The number of carbonyl (C=O) groups excluding carboxylic acids is 1. The predicted molar refractivity (Wildman–Crippen MR) is 57.6 cm³/mol.